The molecule has 1 atom stereocenters. The first-order valence-electron chi connectivity index (χ1n) is 12.7. The molecule has 0 unspecified atom stereocenters. The summed E-state index contributed by atoms with van der Waals surface area (Å²) in [6, 6.07) is 17.6. The molecule has 3 aromatic carbocycles. The monoisotopic (exact) mass is 686 g/mol. The van der Waals surface area contributed by atoms with E-state index in [9.17, 15) is 52.0 Å². The van der Waals surface area contributed by atoms with Gasteiger partial charge in [-0.15, -0.1) is 0 Å². The lowest BCUT2D eigenvalue weighted by Gasteiger charge is -2.24. The van der Waals surface area contributed by atoms with Gasteiger partial charge in [-0.1, -0.05) is 42.5 Å². The van der Waals surface area contributed by atoms with Crippen molar-refractivity contribution in [3.8, 4) is 0 Å². The third kappa shape index (κ3) is 7.98. The largest absolute Gasteiger partial charge is 0.331 e. The molecule has 0 aromatic heterocycles. The maximum atomic E-state index is 13.2. The van der Waals surface area contributed by atoms with Crippen LogP contribution in [0.2, 0.25) is 0 Å². The van der Waals surface area contributed by atoms with Crippen molar-refractivity contribution in [3.05, 3.63) is 90.0 Å². The summed E-state index contributed by atoms with van der Waals surface area (Å²) >= 11 is 0. The Bertz CT molecular complexity index is 1720. The van der Waals surface area contributed by atoms with Crippen LogP contribution in [0, 0.1) is 0 Å². The summed E-state index contributed by atoms with van der Waals surface area (Å²) in [6.45, 7) is -4.11. The topological polar surface area (TPSA) is 102 Å². The van der Waals surface area contributed by atoms with E-state index in [2.05, 4.69) is 13.5 Å². The summed E-state index contributed by atoms with van der Waals surface area (Å²) in [5.41, 5.74) is 1.89. The van der Waals surface area contributed by atoms with Gasteiger partial charge in [-0.2, -0.15) is 39.5 Å². The average Bonchev–Trinajstić information content (AvgIpc) is 3.45. The average molecular weight is 687 g/mol. The van der Waals surface area contributed by atoms with Crippen molar-refractivity contribution in [1.82, 2.24) is 0 Å². The summed E-state index contributed by atoms with van der Waals surface area (Å²) in [6.07, 6.45) is -8.03. The van der Waals surface area contributed by atoms with Crippen LogP contribution in [0.4, 0.5) is 40.8 Å². The van der Waals surface area contributed by atoms with Crippen molar-refractivity contribution >= 4 is 31.6 Å². The summed E-state index contributed by atoms with van der Waals surface area (Å²) in [7, 11) is -9.63. The molecule has 0 amide bonds. The third-order valence-electron chi connectivity index (χ3n) is 6.41. The second kappa shape index (κ2) is 13.0. The summed E-state index contributed by atoms with van der Waals surface area (Å²) in [5, 5.41) is 6.08. The van der Waals surface area contributed by atoms with Gasteiger partial charge in [0.2, 0.25) is 0 Å². The molecule has 244 valence electrons. The zero-order chi connectivity index (χ0) is 33.2. The molecule has 1 aliphatic heterocycles. The minimum Gasteiger partial charge on any atom is -0.260 e. The number of benzene rings is 3. The number of anilines is 1. The predicted molar refractivity (Wildman–Crippen MR) is 144 cm³/mol. The second-order valence-corrected chi connectivity index (χ2v) is 12.8. The molecule has 4 rings (SSSR count). The maximum Gasteiger partial charge on any atom is 0.331 e. The van der Waals surface area contributed by atoms with Crippen LogP contribution >= 0.6 is 0 Å². The maximum absolute atomic E-state index is 13.2. The fraction of sp³-hybridized carbons (Fsp3) is 0.296. The smallest absolute Gasteiger partial charge is 0.260 e. The molecule has 45 heavy (non-hydrogen) atoms. The van der Waals surface area contributed by atoms with Crippen molar-refractivity contribution in [2.45, 2.75) is 46.9 Å². The quantitative estimate of drug-likeness (QED) is 0.155. The highest BCUT2D eigenvalue weighted by Gasteiger charge is 2.43. The SMILES string of the molecule is O=S(=O)(OCC(F)(F)C(F)F)c1ccc(C2=NN(c3ccc(S(=O)(=O)OCC(F)(F)C(F)F)cc3)[C@@H](c3ccccc3)C2)cc1. The van der Waals surface area contributed by atoms with Gasteiger partial charge in [-0.25, -0.2) is 17.6 Å². The highest BCUT2D eigenvalue weighted by Crippen LogP contribution is 2.37. The minimum absolute atomic E-state index is 0.235. The highest BCUT2D eigenvalue weighted by atomic mass is 32.2. The second-order valence-electron chi connectivity index (χ2n) is 9.60. The minimum atomic E-state index is -4.83. The molecule has 0 saturated heterocycles. The lowest BCUT2D eigenvalue weighted by Crippen LogP contribution is -2.33. The molecule has 0 saturated carbocycles. The Balaban J connectivity index is 1.58. The Morgan fingerprint density at radius 3 is 1.60 bits per heavy atom. The van der Waals surface area contributed by atoms with E-state index in [0.29, 0.717) is 17.0 Å². The predicted octanol–water partition coefficient (Wildman–Crippen LogP) is 6.25. The molecular formula is C27H22F8N2O6S2. The van der Waals surface area contributed by atoms with Gasteiger partial charge in [0.05, 0.1) is 27.2 Å². The molecule has 1 aliphatic rings. The van der Waals surface area contributed by atoms with E-state index in [1.54, 1.807) is 30.3 Å². The summed E-state index contributed by atoms with van der Waals surface area (Å²) in [5.74, 6) is -9.37. The van der Waals surface area contributed by atoms with Crippen LogP contribution in [0.5, 0.6) is 0 Å². The van der Waals surface area contributed by atoms with E-state index >= 15 is 0 Å². The number of rotatable bonds is 13. The molecule has 0 bridgehead atoms. The molecule has 1 heterocycles. The lowest BCUT2D eigenvalue weighted by atomic mass is 9.98. The standard InChI is InChI=1S/C27H22F8N2O6S2/c28-24(29)26(32,33)15-42-44(38,39)20-10-6-17(7-11-20)22-14-23(18-4-2-1-3-5-18)37(36-22)19-8-12-21(13-9-19)45(40,41)43-16-27(34,35)25(30)31/h1-13,23-25H,14-16H2/t23-/m1/s1. The Morgan fingerprint density at radius 2 is 1.16 bits per heavy atom. The number of hydrogen-bond acceptors (Lipinski definition) is 8. The van der Waals surface area contributed by atoms with E-state index in [0.717, 1.165) is 29.8 Å². The van der Waals surface area contributed by atoms with Crippen molar-refractivity contribution in [2.24, 2.45) is 5.10 Å². The molecule has 0 fully saturated rings. The Kier molecular flexibility index (Phi) is 9.91. The molecule has 0 N–H and O–H groups in total. The fourth-order valence-corrected chi connectivity index (χ4v) is 5.85. The van der Waals surface area contributed by atoms with Gasteiger partial charge in [-0.3, -0.25) is 13.4 Å². The number of nitrogens with zero attached hydrogens (tertiary/aromatic N) is 2. The van der Waals surface area contributed by atoms with Gasteiger partial charge < -0.3 is 0 Å². The summed E-state index contributed by atoms with van der Waals surface area (Å²) < 4.78 is 160. The zero-order valence-electron chi connectivity index (χ0n) is 22.5. The van der Waals surface area contributed by atoms with E-state index in [1.807, 2.05) is 0 Å². The highest BCUT2D eigenvalue weighted by molar-refractivity contribution is 7.87. The number of halogens is 8. The van der Waals surface area contributed by atoms with E-state index in [4.69, 9.17) is 0 Å². The number of alkyl halides is 8. The zero-order valence-corrected chi connectivity index (χ0v) is 24.2. The van der Waals surface area contributed by atoms with Gasteiger partial charge in [-0.05, 0) is 47.5 Å². The van der Waals surface area contributed by atoms with Gasteiger partial charge >= 0.3 is 24.7 Å². The van der Waals surface area contributed by atoms with E-state index in [1.165, 1.54) is 29.3 Å². The van der Waals surface area contributed by atoms with Crippen molar-refractivity contribution in [1.29, 1.82) is 0 Å². The first kappa shape index (κ1) is 34.3. The van der Waals surface area contributed by atoms with Crippen molar-refractivity contribution < 1.29 is 60.3 Å². The van der Waals surface area contributed by atoms with Crippen LogP contribution < -0.4 is 5.01 Å². The van der Waals surface area contributed by atoms with E-state index in [-0.39, 0.29) is 6.42 Å². The van der Waals surface area contributed by atoms with Crippen LogP contribution in [0.15, 0.2) is 93.8 Å². The Hall–Kier alpha value is -3.61. The molecule has 18 heteroatoms. The molecular weight excluding hydrogens is 664 g/mol. The first-order chi connectivity index (χ1) is 20.9. The van der Waals surface area contributed by atoms with Gasteiger partial charge in [0, 0.05) is 6.42 Å². The van der Waals surface area contributed by atoms with Crippen LogP contribution in [0.25, 0.3) is 0 Å². The lowest BCUT2D eigenvalue weighted by molar-refractivity contribution is -0.147. The van der Waals surface area contributed by atoms with E-state index < -0.39 is 74.0 Å². The van der Waals surface area contributed by atoms with Gasteiger partial charge in [0.15, 0.2) is 0 Å². The Morgan fingerprint density at radius 1 is 0.711 bits per heavy atom. The van der Waals surface area contributed by atoms with Crippen LogP contribution in [0.3, 0.4) is 0 Å². The molecule has 0 spiro atoms. The first-order valence-corrected chi connectivity index (χ1v) is 15.5. The fourth-order valence-electron chi connectivity index (χ4n) is 4.01. The van der Waals surface area contributed by atoms with Crippen LogP contribution in [-0.2, 0) is 28.6 Å². The van der Waals surface area contributed by atoms with Gasteiger partial charge in [0.1, 0.15) is 13.2 Å². The van der Waals surface area contributed by atoms with Crippen molar-refractivity contribution in [3.63, 3.8) is 0 Å². The Labute approximate surface area is 252 Å². The van der Waals surface area contributed by atoms with Gasteiger partial charge in [0.25, 0.3) is 20.2 Å². The van der Waals surface area contributed by atoms with Crippen molar-refractivity contribution in [2.75, 3.05) is 18.2 Å². The molecule has 8 nitrogen and oxygen atoms in total. The number of hydrazone groups is 1. The molecule has 3 aromatic rings. The van der Waals surface area contributed by atoms with Crippen LogP contribution in [0.1, 0.15) is 23.6 Å². The third-order valence-corrected chi connectivity index (χ3v) is 8.97. The molecule has 0 radical (unpaired) electrons. The number of hydrogen-bond donors (Lipinski definition) is 0. The molecule has 0 aliphatic carbocycles. The normalized spacial score (nSPS) is 16.4. The van der Waals surface area contributed by atoms with Crippen LogP contribution in [-0.4, -0.2) is 60.5 Å². The summed E-state index contributed by atoms with van der Waals surface area (Å²) in [4.78, 5) is -1.15.